The predicted octanol–water partition coefficient (Wildman–Crippen LogP) is 1.95. The van der Waals surface area contributed by atoms with Crippen molar-refractivity contribution in [3.8, 4) is 0 Å². The van der Waals surface area contributed by atoms with Crippen LogP contribution in [0, 0.1) is 0 Å². The quantitative estimate of drug-likeness (QED) is 0.711. The van der Waals surface area contributed by atoms with E-state index in [-0.39, 0.29) is 12.2 Å². The van der Waals surface area contributed by atoms with Gasteiger partial charge in [0.15, 0.2) is 0 Å². The third-order valence-corrected chi connectivity index (χ3v) is 2.71. The van der Waals surface area contributed by atoms with Crippen LogP contribution < -0.4 is 0 Å². The lowest BCUT2D eigenvalue weighted by atomic mass is 10.2. The topological polar surface area (TPSA) is 35.5 Å². The van der Waals surface area contributed by atoms with Crippen molar-refractivity contribution in [3.05, 3.63) is 35.9 Å². The number of rotatable bonds is 5. The molecule has 2 atom stereocenters. The molecule has 1 aliphatic heterocycles. The van der Waals surface area contributed by atoms with Crippen LogP contribution in [0.3, 0.4) is 0 Å². The summed E-state index contributed by atoms with van der Waals surface area (Å²) in [6.07, 6.45) is 2.47. The second kappa shape index (κ2) is 5.77. The Hall–Kier alpha value is -1.19. The molecule has 0 aliphatic carbocycles. The first kappa shape index (κ1) is 11.3. The smallest absolute Gasteiger partial charge is 0.148 e. The highest BCUT2D eigenvalue weighted by Crippen LogP contribution is 2.18. The van der Waals surface area contributed by atoms with Crippen LogP contribution in [0.15, 0.2) is 30.3 Å². The molecule has 0 radical (unpaired) electrons. The molecule has 0 N–H and O–H groups in total. The van der Waals surface area contributed by atoms with Crippen LogP contribution in [-0.4, -0.2) is 25.1 Å². The third-order valence-electron chi connectivity index (χ3n) is 2.71. The van der Waals surface area contributed by atoms with Crippen LogP contribution in [0.1, 0.15) is 18.4 Å². The van der Waals surface area contributed by atoms with Gasteiger partial charge in [0.25, 0.3) is 0 Å². The molecule has 0 saturated carbocycles. The summed E-state index contributed by atoms with van der Waals surface area (Å²) >= 11 is 0. The van der Waals surface area contributed by atoms with Crippen LogP contribution in [0.2, 0.25) is 0 Å². The summed E-state index contributed by atoms with van der Waals surface area (Å²) in [5.74, 6) is 0. The summed E-state index contributed by atoms with van der Waals surface area (Å²) in [7, 11) is 0. The summed E-state index contributed by atoms with van der Waals surface area (Å²) in [6.45, 7) is 1.17. The Morgan fingerprint density at radius 3 is 2.81 bits per heavy atom. The third kappa shape index (κ3) is 3.15. The van der Waals surface area contributed by atoms with E-state index in [9.17, 15) is 4.79 Å². The molecule has 1 fully saturated rings. The van der Waals surface area contributed by atoms with Crippen LogP contribution >= 0.6 is 0 Å². The maximum atomic E-state index is 10.5. The highest BCUT2D eigenvalue weighted by atomic mass is 16.5. The molecule has 1 aliphatic rings. The van der Waals surface area contributed by atoms with Crippen molar-refractivity contribution >= 4 is 6.29 Å². The average Bonchev–Trinajstić information content (AvgIpc) is 2.78. The minimum Gasteiger partial charge on any atom is -0.374 e. The Morgan fingerprint density at radius 2 is 2.12 bits per heavy atom. The highest BCUT2D eigenvalue weighted by Gasteiger charge is 2.24. The normalized spacial score (nSPS) is 24.5. The van der Waals surface area contributed by atoms with Gasteiger partial charge < -0.3 is 14.3 Å². The van der Waals surface area contributed by atoms with E-state index in [1.807, 2.05) is 30.3 Å². The van der Waals surface area contributed by atoms with Gasteiger partial charge in [-0.15, -0.1) is 0 Å². The molecule has 1 aromatic rings. The van der Waals surface area contributed by atoms with Gasteiger partial charge >= 0.3 is 0 Å². The van der Waals surface area contributed by atoms with Gasteiger partial charge in [0.2, 0.25) is 0 Å². The van der Waals surface area contributed by atoms with Gasteiger partial charge in [0, 0.05) is 0 Å². The zero-order valence-corrected chi connectivity index (χ0v) is 9.17. The zero-order chi connectivity index (χ0) is 11.2. The molecular formula is C13H16O3. The van der Waals surface area contributed by atoms with Crippen LogP contribution in [0.5, 0.6) is 0 Å². The van der Waals surface area contributed by atoms with Crippen molar-refractivity contribution in [1.82, 2.24) is 0 Å². The van der Waals surface area contributed by atoms with Gasteiger partial charge in [-0.1, -0.05) is 30.3 Å². The first-order valence-electron chi connectivity index (χ1n) is 5.61. The van der Waals surface area contributed by atoms with E-state index >= 15 is 0 Å². The molecule has 0 spiro atoms. The van der Waals surface area contributed by atoms with Crippen molar-refractivity contribution in [1.29, 1.82) is 0 Å². The Balaban J connectivity index is 1.67. The van der Waals surface area contributed by atoms with E-state index in [1.165, 1.54) is 0 Å². The SMILES string of the molecule is O=C[C@H]1CC[C@@H](COCc2ccccc2)O1. The number of ether oxygens (including phenoxy) is 2. The molecular weight excluding hydrogens is 204 g/mol. The van der Waals surface area contributed by atoms with Gasteiger partial charge in [-0.3, -0.25) is 0 Å². The lowest BCUT2D eigenvalue weighted by molar-refractivity contribution is -0.118. The number of hydrogen-bond acceptors (Lipinski definition) is 3. The highest BCUT2D eigenvalue weighted by molar-refractivity contribution is 5.56. The van der Waals surface area contributed by atoms with E-state index in [4.69, 9.17) is 9.47 Å². The molecule has 3 nitrogen and oxygen atoms in total. The van der Waals surface area contributed by atoms with Gasteiger partial charge in [-0.25, -0.2) is 0 Å². The van der Waals surface area contributed by atoms with Crippen LogP contribution in [-0.2, 0) is 20.9 Å². The summed E-state index contributed by atoms with van der Waals surface area (Å²) in [6, 6.07) is 10.0. The molecule has 0 unspecified atom stereocenters. The number of benzene rings is 1. The molecule has 86 valence electrons. The summed E-state index contributed by atoms with van der Waals surface area (Å²) in [5.41, 5.74) is 1.16. The lowest BCUT2D eigenvalue weighted by Gasteiger charge is -2.11. The molecule has 1 heterocycles. The molecule has 0 aromatic heterocycles. The summed E-state index contributed by atoms with van der Waals surface area (Å²) in [5, 5.41) is 0. The van der Waals surface area contributed by atoms with Crippen molar-refractivity contribution in [2.45, 2.75) is 31.7 Å². The average molecular weight is 220 g/mol. The van der Waals surface area contributed by atoms with E-state index < -0.39 is 0 Å². The molecule has 0 amide bonds. The van der Waals surface area contributed by atoms with Crippen LogP contribution in [0.4, 0.5) is 0 Å². The van der Waals surface area contributed by atoms with Gasteiger partial charge in [0.1, 0.15) is 12.4 Å². The van der Waals surface area contributed by atoms with Gasteiger partial charge in [-0.05, 0) is 18.4 Å². The van der Waals surface area contributed by atoms with Crippen LogP contribution in [0.25, 0.3) is 0 Å². The van der Waals surface area contributed by atoms with Gasteiger partial charge in [-0.2, -0.15) is 0 Å². The Morgan fingerprint density at radius 1 is 1.31 bits per heavy atom. The second-order valence-corrected chi connectivity index (χ2v) is 4.01. The summed E-state index contributed by atoms with van der Waals surface area (Å²) in [4.78, 5) is 10.5. The van der Waals surface area contributed by atoms with E-state index in [0.29, 0.717) is 13.2 Å². The van der Waals surface area contributed by atoms with Crippen molar-refractivity contribution in [2.75, 3.05) is 6.61 Å². The monoisotopic (exact) mass is 220 g/mol. The number of hydrogen-bond donors (Lipinski definition) is 0. The first-order chi connectivity index (χ1) is 7.88. The minimum absolute atomic E-state index is 0.0823. The largest absolute Gasteiger partial charge is 0.374 e. The molecule has 3 heteroatoms. The fraction of sp³-hybridized carbons (Fsp3) is 0.462. The van der Waals surface area contributed by atoms with Crippen molar-refractivity contribution < 1.29 is 14.3 Å². The second-order valence-electron chi connectivity index (χ2n) is 4.01. The Labute approximate surface area is 95.4 Å². The number of carbonyl (C=O) groups is 1. The maximum Gasteiger partial charge on any atom is 0.148 e. The fourth-order valence-corrected chi connectivity index (χ4v) is 1.84. The maximum absolute atomic E-state index is 10.5. The van der Waals surface area contributed by atoms with Gasteiger partial charge in [0.05, 0.1) is 19.3 Å². The lowest BCUT2D eigenvalue weighted by Crippen LogP contribution is -2.17. The molecule has 2 rings (SSSR count). The van der Waals surface area contributed by atoms with Crippen molar-refractivity contribution in [3.63, 3.8) is 0 Å². The fourth-order valence-electron chi connectivity index (χ4n) is 1.84. The summed E-state index contributed by atoms with van der Waals surface area (Å²) < 4.78 is 11.0. The molecule has 1 saturated heterocycles. The van der Waals surface area contributed by atoms with Crippen molar-refractivity contribution in [2.24, 2.45) is 0 Å². The standard InChI is InChI=1S/C13H16O3/c14-8-12-6-7-13(16-12)10-15-9-11-4-2-1-3-5-11/h1-5,8,12-13H,6-7,9-10H2/t12-,13+/m1/s1. The molecule has 0 bridgehead atoms. The molecule has 16 heavy (non-hydrogen) atoms. The minimum atomic E-state index is -0.217. The number of aldehydes is 1. The Kier molecular flexibility index (Phi) is 4.08. The predicted molar refractivity (Wildman–Crippen MR) is 60.1 cm³/mol. The van der Waals surface area contributed by atoms with E-state index in [0.717, 1.165) is 24.7 Å². The van der Waals surface area contributed by atoms with E-state index in [2.05, 4.69) is 0 Å². The first-order valence-corrected chi connectivity index (χ1v) is 5.61. The molecule has 1 aromatic carbocycles. The van der Waals surface area contributed by atoms with E-state index in [1.54, 1.807) is 0 Å². The zero-order valence-electron chi connectivity index (χ0n) is 9.17. The Bertz CT molecular complexity index is 323. The number of carbonyl (C=O) groups excluding carboxylic acids is 1.